The van der Waals surface area contributed by atoms with Crippen LogP contribution in [0.3, 0.4) is 0 Å². The number of hydrogen-bond donors (Lipinski definition) is 3. The second kappa shape index (κ2) is 13.2. The average molecular weight is 729 g/mol. The molecule has 0 aliphatic carbocycles. The normalized spacial score (nSPS) is 14.8. The Morgan fingerprint density at radius 1 is 0.943 bits per heavy atom. The number of aromatic amines is 1. The molecule has 1 fully saturated rings. The van der Waals surface area contributed by atoms with Gasteiger partial charge in [0.15, 0.2) is 11.5 Å². The molecule has 9 rings (SSSR count). The molecule has 2 aliphatic rings. The minimum atomic E-state index is -0.455. The van der Waals surface area contributed by atoms with Crippen LogP contribution in [-0.2, 0) is 20.0 Å². The number of hydrogen-bond acceptors (Lipinski definition) is 8. The summed E-state index contributed by atoms with van der Waals surface area (Å²) >= 11 is 6.89. The fourth-order valence-corrected chi connectivity index (χ4v) is 7.80. The van der Waals surface area contributed by atoms with Crippen LogP contribution in [0.5, 0.6) is 0 Å². The maximum Gasteiger partial charge on any atom is 0.283 e. The summed E-state index contributed by atoms with van der Waals surface area (Å²) in [6, 6.07) is 22.5. The molecule has 0 spiro atoms. The van der Waals surface area contributed by atoms with Gasteiger partial charge in [0.25, 0.3) is 11.5 Å². The highest BCUT2D eigenvalue weighted by Gasteiger charge is 2.25. The summed E-state index contributed by atoms with van der Waals surface area (Å²) in [4.78, 5) is 47.1. The van der Waals surface area contributed by atoms with Crippen molar-refractivity contribution in [1.82, 2.24) is 39.5 Å². The molecule has 4 aromatic heterocycles. The standard InChI is InChI=1S/C39H34ClFN10O2/c1-48-36-30(38(53)51(48)33-4-2-3-12-42-33)21-44-39(47-36)45-25-6-8-26(9-7-25)50-16-14-49(15-17-50)22-23-5-10-27(31(40)18-23)35-28-11-13-43-37(52)29-19-24(41)20-32(46-35)34(28)29/h2-10,12,18-21,46H,11,13-17,22H2,1H3,(H,43,52)(H,44,45,47). The number of carbonyl (C=O) groups excluding carboxylic acids is 1. The van der Waals surface area contributed by atoms with Gasteiger partial charge >= 0.3 is 0 Å². The monoisotopic (exact) mass is 728 g/mol. The topological polar surface area (TPSA) is 129 Å². The molecular weight excluding hydrogens is 695 g/mol. The Hall–Kier alpha value is -6.05. The summed E-state index contributed by atoms with van der Waals surface area (Å²) in [5, 5.41) is 7.92. The Morgan fingerprint density at radius 3 is 2.55 bits per heavy atom. The number of aryl methyl sites for hydroxylation is 1. The van der Waals surface area contributed by atoms with Gasteiger partial charge in [-0.1, -0.05) is 29.8 Å². The van der Waals surface area contributed by atoms with Crippen molar-refractivity contribution in [2.75, 3.05) is 42.9 Å². The minimum absolute atomic E-state index is 0.226. The molecule has 0 saturated carbocycles. The first-order valence-corrected chi connectivity index (χ1v) is 17.8. The molecule has 1 saturated heterocycles. The van der Waals surface area contributed by atoms with Crippen molar-refractivity contribution in [3.05, 3.63) is 123 Å². The lowest BCUT2D eigenvalue weighted by Crippen LogP contribution is -2.45. The summed E-state index contributed by atoms with van der Waals surface area (Å²) in [6.07, 6.45) is 3.81. The fourth-order valence-electron chi connectivity index (χ4n) is 7.50. The van der Waals surface area contributed by atoms with Crippen molar-refractivity contribution < 1.29 is 9.18 Å². The molecule has 6 heterocycles. The molecule has 12 nitrogen and oxygen atoms in total. The fraction of sp³-hybridized carbons (Fsp3) is 0.205. The van der Waals surface area contributed by atoms with Crippen molar-refractivity contribution in [1.29, 1.82) is 0 Å². The lowest BCUT2D eigenvalue weighted by molar-refractivity contribution is 0.0956. The summed E-state index contributed by atoms with van der Waals surface area (Å²) < 4.78 is 17.5. The summed E-state index contributed by atoms with van der Waals surface area (Å²) in [6.45, 7) is 4.78. The van der Waals surface area contributed by atoms with Gasteiger partial charge in [-0.2, -0.15) is 9.67 Å². The van der Waals surface area contributed by atoms with E-state index in [1.807, 2.05) is 30.3 Å². The highest BCUT2D eigenvalue weighted by Crippen LogP contribution is 2.38. The highest BCUT2D eigenvalue weighted by molar-refractivity contribution is 6.33. The van der Waals surface area contributed by atoms with Crippen LogP contribution in [-0.4, -0.2) is 72.8 Å². The van der Waals surface area contributed by atoms with Gasteiger partial charge in [-0.3, -0.25) is 19.2 Å². The number of fused-ring (bicyclic) bond motifs is 1. The van der Waals surface area contributed by atoms with E-state index in [1.54, 1.807) is 36.3 Å². The maximum absolute atomic E-state index is 14.4. The number of halogens is 2. The number of H-pyrrole nitrogens is 1. The second-order valence-electron chi connectivity index (χ2n) is 13.4. The van der Waals surface area contributed by atoms with Crippen LogP contribution >= 0.6 is 11.6 Å². The molecule has 14 heteroatoms. The number of benzene rings is 3. The van der Waals surface area contributed by atoms with Crippen molar-refractivity contribution in [3.8, 4) is 17.1 Å². The van der Waals surface area contributed by atoms with Crippen molar-refractivity contribution in [2.24, 2.45) is 7.05 Å². The number of pyridine rings is 1. The number of anilines is 3. The molecule has 2 aliphatic heterocycles. The number of nitrogens with one attached hydrogen (secondary N) is 3. The lowest BCUT2D eigenvalue weighted by atomic mass is 9.99. The van der Waals surface area contributed by atoms with Crippen LogP contribution < -0.4 is 21.1 Å². The summed E-state index contributed by atoms with van der Waals surface area (Å²) in [5.74, 6) is 0.190. The van der Waals surface area contributed by atoms with Gasteiger partial charge in [-0.05, 0) is 72.1 Å². The number of piperazine rings is 1. The minimum Gasteiger partial charge on any atom is -0.369 e. The van der Waals surface area contributed by atoms with Crippen LogP contribution in [0.2, 0.25) is 5.02 Å². The SMILES string of the molecule is Cn1c2nc(Nc3ccc(N4CCN(Cc5ccc(-c6[nH]c7cc(F)cc8c7c6CCNC8=O)c(Cl)c5)CC4)cc3)ncc2c(=O)n1-c1ccccn1. The van der Waals surface area contributed by atoms with Crippen molar-refractivity contribution in [2.45, 2.75) is 13.0 Å². The average Bonchev–Trinajstić information content (AvgIpc) is 3.58. The quantitative estimate of drug-likeness (QED) is 0.188. The molecule has 0 atom stereocenters. The van der Waals surface area contributed by atoms with E-state index in [1.165, 1.54) is 16.8 Å². The van der Waals surface area contributed by atoms with E-state index in [0.29, 0.717) is 51.9 Å². The van der Waals surface area contributed by atoms with Gasteiger partial charge in [0.05, 0.1) is 16.3 Å². The van der Waals surface area contributed by atoms with E-state index < -0.39 is 5.82 Å². The molecular formula is C39H34ClFN10O2. The molecule has 3 N–H and O–H groups in total. The van der Waals surface area contributed by atoms with Crippen LogP contribution in [0.15, 0.2) is 90.0 Å². The van der Waals surface area contributed by atoms with Crippen LogP contribution in [0.25, 0.3) is 39.0 Å². The number of aromatic nitrogens is 6. The number of rotatable bonds is 7. The van der Waals surface area contributed by atoms with Gasteiger partial charge in [-0.15, -0.1) is 0 Å². The third kappa shape index (κ3) is 5.97. The summed E-state index contributed by atoms with van der Waals surface area (Å²) in [5.41, 5.74) is 6.94. The zero-order valence-electron chi connectivity index (χ0n) is 28.7. The summed E-state index contributed by atoms with van der Waals surface area (Å²) in [7, 11) is 1.78. The predicted molar refractivity (Wildman–Crippen MR) is 204 cm³/mol. The van der Waals surface area contributed by atoms with Gasteiger partial charge in [0.2, 0.25) is 5.95 Å². The molecule has 1 amide bonds. The second-order valence-corrected chi connectivity index (χ2v) is 13.8. The van der Waals surface area contributed by atoms with E-state index in [2.05, 4.69) is 58.6 Å². The van der Waals surface area contributed by atoms with Crippen LogP contribution in [0.1, 0.15) is 21.5 Å². The van der Waals surface area contributed by atoms with Crippen LogP contribution in [0.4, 0.5) is 21.7 Å². The molecule has 266 valence electrons. The Balaban J connectivity index is 0.843. The number of carbonyl (C=O) groups is 1. The van der Waals surface area contributed by atoms with E-state index in [9.17, 15) is 14.0 Å². The third-order valence-corrected chi connectivity index (χ3v) is 10.4. The van der Waals surface area contributed by atoms with E-state index in [-0.39, 0.29) is 11.5 Å². The molecule has 53 heavy (non-hydrogen) atoms. The first-order chi connectivity index (χ1) is 25.8. The smallest absolute Gasteiger partial charge is 0.283 e. The van der Waals surface area contributed by atoms with E-state index in [0.717, 1.165) is 71.9 Å². The van der Waals surface area contributed by atoms with E-state index >= 15 is 0 Å². The molecule has 3 aromatic carbocycles. The van der Waals surface area contributed by atoms with Crippen LogP contribution in [0, 0.1) is 5.82 Å². The van der Waals surface area contributed by atoms with Gasteiger partial charge < -0.3 is 20.5 Å². The zero-order valence-corrected chi connectivity index (χ0v) is 29.5. The lowest BCUT2D eigenvalue weighted by Gasteiger charge is -2.36. The Morgan fingerprint density at radius 2 is 1.77 bits per heavy atom. The third-order valence-electron chi connectivity index (χ3n) is 10.1. The number of nitrogens with zero attached hydrogens (tertiary/aromatic N) is 7. The first-order valence-electron chi connectivity index (χ1n) is 17.4. The number of amides is 1. The van der Waals surface area contributed by atoms with Gasteiger partial charge in [0.1, 0.15) is 11.2 Å². The molecule has 0 bridgehead atoms. The van der Waals surface area contributed by atoms with E-state index in [4.69, 9.17) is 11.6 Å². The van der Waals surface area contributed by atoms with Gasteiger partial charge in [-0.25, -0.2) is 14.4 Å². The first kappa shape index (κ1) is 32.8. The maximum atomic E-state index is 14.4. The molecule has 0 radical (unpaired) electrons. The highest BCUT2D eigenvalue weighted by atomic mass is 35.5. The van der Waals surface area contributed by atoms with Crippen molar-refractivity contribution in [3.63, 3.8) is 0 Å². The largest absolute Gasteiger partial charge is 0.369 e. The predicted octanol–water partition coefficient (Wildman–Crippen LogP) is 5.81. The Bertz CT molecular complexity index is 2590. The Labute approximate surface area is 307 Å². The zero-order chi connectivity index (χ0) is 36.2. The Kier molecular flexibility index (Phi) is 8.16. The van der Waals surface area contributed by atoms with Gasteiger partial charge in [0, 0.05) is 86.6 Å². The molecule has 7 aromatic rings. The van der Waals surface area contributed by atoms with Crippen molar-refractivity contribution >= 4 is 56.8 Å². The molecule has 0 unspecified atom stereocenters.